The SMILES string of the molecule is O=CNc1ccc(C2Nc3ccccc3-c3ccnc4[nH]cc2c34)cc1. The Balaban J connectivity index is 1.73. The first-order chi connectivity index (χ1) is 12.8. The van der Waals surface area contributed by atoms with Crippen LogP contribution in [0.25, 0.3) is 22.2 Å². The van der Waals surface area contributed by atoms with Crippen molar-refractivity contribution in [1.82, 2.24) is 9.97 Å². The van der Waals surface area contributed by atoms with Crippen molar-refractivity contribution in [3.63, 3.8) is 0 Å². The molecule has 0 saturated carbocycles. The van der Waals surface area contributed by atoms with Gasteiger partial charge in [0.1, 0.15) is 5.65 Å². The fraction of sp³-hybridized carbons (Fsp3) is 0.0476. The van der Waals surface area contributed by atoms with Crippen LogP contribution in [0.15, 0.2) is 67.0 Å². The molecule has 4 aromatic rings. The lowest BCUT2D eigenvalue weighted by atomic mass is 9.97. The lowest BCUT2D eigenvalue weighted by Gasteiger charge is -2.19. The number of nitrogens with zero attached hydrogens (tertiary/aromatic N) is 1. The number of hydrogen-bond acceptors (Lipinski definition) is 3. The summed E-state index contributed by atoms with van der Waals surface area (Å²) in [7, 11) is 0. The standard InChI is InChI=1S/C21H16N4O/c26-12-24-14-7-5-13(6-8-14)20-17-11-23-21-19(17)16(9-10-22-21)15-3-1-2-4-18(15)25-20/h1-12,20,25H,(H,22,23)(H,24,26). The molecular formula is C21H16N4O. The molecule has 2 aromatic heterocycles. The zero-order chi connectivity index (χ0) is 17.5. The second kappa shape index (κ2) is 5.74. The number of carbonyl (C=O) groups is 1. The van der Waals surface area contributed by atoms with Crippen LogP contribution in [0.3, 0.4) is 0 Å². The molecule has 126 valence electrons. The van der Waals surface area contributed by atoms with Crippen molar-refractivity contribution in [3.05, 3.63) is 78.1 Å². The van der Waals surface area contributed by atoms with Crippen LogP contribution in [-0.4, -0.2) is 16.4 Å². The smallest absolute Gasteiger partial charge is 0.211 e. The van der Waals surface area contributed by atoms with Gasteiger partial charge in [-0.2, -0.15) is 0 Å². The molecule has 3 N–H and O–H groups in total. The molecule has 0 radical (unpaired) electrons. The van der Waals surface area contributed by atoms with E-state index in [1.54, 1.807) is 0 Å². The Labute approximate surface area is 150 Å². The third-order valence-corrected chi connectivity index (χ3v) is 4.90. The summed E-state index contributed by atoms with van der Waals surface area (Å²) in [4.78, 5) is 18.4. The molecule has 1 amide bonds. The zero-order valence-electron chi connectivity index (χ0n) is 13.9. The molecule has 3 heterocycles. The molecule has 5 nitrogen and oxygen atoms in total. The number of aromatic nitrogens is 2. The van der Waals surface area contributed by atoms with Gasteiger partial charge in [0.05, 0.1) is 6.04 Å². The highest BCUT2D eigenvalue weighted by atomic mass is 16.1. The number of benzene rings is 2. The normalized spacial score (nSPS) is 15.0. The Morgan fingerprint density at radius 3 is 2.69 bits per heavy atom. The highest BCUT2D eigenvalue weighted by molar-refractivity contribution is 6.01. The van der Waals surface area contributed by atoms with E-state index in [1.807, 2.05) is 42.7 Å². The van der Waals surface area contributed by atoms with Crippen molar-refractivity contribution in [1.29, 1.82) is 0 Å². The molecule has 5 rings (SSSR count). The number of nitrogens with one attached hydrogen (secondary N) is 3. The van der Waals surface area contributed by atoms with Crippen molar-refractivity contribution in [2.24, 2.45) is 0 Å². The molecule has 2 aromatic carbocycles. The Bertz CT molecular complexity index is 1110. The average molecular weight is 340 g/mol. The van der Waals surface area contributed by atoms with E-state index in [2.05, 4.69) is 44.9 Å². The number of para-hydroxylation sites is 1. The molecule has 5 heteroatoms. The second-order valence-electron chi connectivity index (χ2n) is 6.33. The Hall–Kier alpha value is -3.60. The maximum atomic E-state index is 10.6. The van der Waals surface area contributed by atoms with E-state index in [-0.39, 0.29) is 6.04 Å². The number of amides is 1. The summed E-state index contributed by atoms with van der Waals surface area (Å²) < 4.78 is 0. The van der Waals surface area contributed by atoms with E-state index in [1.165, 1.54) is 11.1 Å². The van der Waals surface area contributed by atoms with Gasteiger partial charge in [0, 0.05) is 40.3 Å². The topological polar surface area (TPSA) is 69.8 Å². The number of carbonyl (C=O) groups excluding carboxylic acids is 1. The molecule has 0 spiro atoms. The minimum Gasteiger partial charge on any atom is -0.374 e. The van der Waals surface area contributed by atoms with Crippen LogP contribution in [0.4, 0.5) is 11.4 Å². The third kappa shape index (κ3) is 2.18. The number of anilines is 2. The molecule has 1 unspecified atom stereocenters. The highest BCUT2D eigenvalue weighted by Gasteiger charge is 2.25. The average Bonchev–Trinajstić information content (AvgIpc) is 3.05. The second-order valence-corrected chi connectivity index (χ2v) is 6.33. The largest absolute Gasteiger partial charge is 0.374 e. The van der Waals surface area contributed by atoms with Gasteiger partial charge in [0.2, 0.25) is 6.41 Å². The number of rotatable bonds is 3. The minimum absolute atomic E-state index is 0.0133. The Morgan fingerprint density at radius 2 is 1.85 bits per heavy atom. The maximum Gasteiger partial charge on any atom is 0.211 e. The monoisotopic (exact) mass is 340 g/mol. The van der Waals surface area contributed by atoms with Crippen molar-refractivity contribution in [2.75, 3.05) is 10.6 Å². The molecule has 1 aliphatic rings. The van der Waals surface area contributed by atoms with Gasteiger partial charge >= 0.3 is 0 Å². The van der Waals surface area contributed by atoms with Crippen LogP contribution < -0.4 is 10.6 Å². The molecule has 0 bridgehead atoms. The molecular weight excluding hydrogens is 324 g/mol. The van der Waals surface area contributed by atoms with Gasteiger partial charge in [0.15, 0.2) is 0 Å². The van der Waals surface area contributed by atoms with E-state index < -0.39 is 0 Å². The predicted molar refractivity (Wildman–Crippen MR) is 103 cm³/mol. The number of aromatic amines is 1. The van der Waals surface area contributed by atoms with Crippen molar-refractivity contribution in [3.8, 4) is 11.1 Å². The van der Waals surface area contributed by atoms with Crippen LogP contribution in [0, 0.1) is 0 Å². The first-order valence-electron chi connectivity index (χ1n) is 8.47. The van der Waals surface area contributed by atoms with E-state index >= 15 is 0 Å². The first kappa shape index (κ1) is 14.7. The van der Waals surface area contributed by atoms with Gasteiger partial charge in [-0.05, 0) is 35.4 Å². The Kier molecular flexibility index (Phi) is 3.25. The summed E-state index contributed by atoms with van der Waals surface area (Å²) in [5, 5.41) is 7.50. The van der Waals surface area contributed by atoms with Gasteiger partial charge in [-0.3, -0.25) is 4.79 Å². The molecule has 1 aliphatic heterocycles. The van der Waals surface area contributed by atoms with Gasteiger partial charge in [-0.25, -0.2) is 4.98 Å². The third-order valence-electron chi connectivity index (χ3n) is 4.90. The zero-order valence-corrected chi connectivity index (χ0v) is 13.9. The summed E-state index contributed by atoms with van der Waals surface area (Å²) in [6, 6.07) is 18.3. The van der Waals surface area contributed by atoms with E-state index in [9.17, 15) is 4.79 Å². The molecule has 1 atom stereocenters. The predicted octanol–water partition coefficient (Wildman–Crippen LogP) is 4.31. The van der Waals surface area contributed by atoms with Gasteiger partial charge in [-0.1, -0.05) is 30.3 Å². The van der Waals surface area contributed by atoms with Crippen molar-refractivity contribution in [2.45, 2.75) is 6.04 Å². The number of hydrogen-bond donors (Lipinski definition) is 3. The van der Waals surface area contributed by atoms with Crippen LogP contribution in [0.2, 0.25) is 0 Å². The maximum absolute atomic E-state index is 10.6. The van der Waals surface area contributed by atoms with E-state index in [0.717, 1.165) is 33.5 Å². The fourth-order valence-corrected chi connectivity index (χ4v) is 3.71. The first-order valence-corrected chi connectivity index (χ1v) is 8.47. The highest BCUT2D eigenvalue weighted by Crippen LogP contribution is 2.43. The van der Waals surface area contributed by atoms with E-state index in [4.69, 9.17) is 0 Å². The number of H-pyrrole nitrogens is 1. The van der Waals surface area contributed by atoms with Crippen molar-refractivity contribution < 1.29 is 4.79 Å². The summed E-state index contributed by atoms with van der Waals surface area (Å²) >= 11 is 0. The van der Waals surface area contributed by atoms with E-state index in [0.29, 0.717) is 6.41 Å². The summed E-state index contributed by atoms with van der Waals surface area (Å²) in [6.45, 7) is 0. The quantitative estimate of drug-likeness (QED) is 0.487. The molecule has 26 heavy (non-hydrogen) atoms. The lowest BCUT2D eigenvalue weighted by molar-refractivity contribution is -0.105. The van der Waals surface area contributed by atoms with Crippen LogP contribution >= 0.6 is 0 Å². The van der Waals surface area contributed by atoms with Crippen LogP contribution in [0.5, 0.6) is 0 Å². The number of fused-ring (bicyclic) bond motifs is 2. The summed E-state index contributed by atoms with van der Waals surface area (Å²) in [5.74, 6) is 0. The van der Waals surface area contributed by atoms with Gasteiger partial charge in [-0.15, -0.1) is 0 Å². The fourth-order valence-electron chi connectivity index (χ4n) is 3.71. The van der Waals surface area contributed by atoms with Crippen LogP contribution in [0.1, 0.15) is 17.2 Å². The molecule has 0 saturated heterocycles. The van der Waals surface area contributed by atoms with Gasteiger partial charge < -0.3 is 15.6 Å². The van der Waals surface area contributed by atoms with Gasteiger partial charge in [0.25, 0.3) is 0 Å². The molecule has 0 aliphatic carbocycles. The summed E-state index contributed by atoms with van der Waals surface area (Å²) in [6.07, 6.45) is 4.56. The summed E-state index contributed by atoms with van der Waals surface area (Å²) in [5.41, 5.74) is 7.39. The van der Waals surface area contributed by atoms with Crippen molar-refractivity contribution >= 4 is 28.8 Å². The lowest BCUT2D eigenvalue weighted by Crippen LogP contribution is -2.11. The number of pyridine rings is 1. The minimum atomic E-state index is -0.0133. The molecule has 0 fully saturated rings. The van der Waals surface area contributed by atoms with Crippen LogP contribution in [-0.2, 0) is 4.79 Å². The Morgan fingerprint density at radius 1 is 1.00 bits per heavy atom.